The van der Waals surface area contributed by atoms with Gasteiger partial charge in [-0.25, -0.2) is 0 Å². The van der Waals surface area contributed by atoms with Crippen molar-refractivity contribution in [3.8, 4) is 0 Å². The molecule has 0 spiro atoms. The van der Waals surface area contributed by atoms with E-state index in [-0.39, 0.29) is 29.5 Å². The molecule has 1 rings (SSSR count). The van der Waals surface area contributed by atoms with E-state index in [9.17, 15) is 9.59 Å². The Balaban J connectivity index is -0.000000333. The van der Waals surface area contributed by atoms with Gasteiger partial charge >= 0.3 is 0 Å². The average Bonchev–Trinajstić information content (AvgIpc) is 1.95. The number of rotatable bonds is 1. The molecule has 0 aromatic carbocycles. The Kier molecular flexibility index (Phi) is 11.2. The number of hydrogen-bond acceptors (Lipinski definition) is 4. The van der Waals surface area contributed by atoms with Crippen LogP contribution in [-0.4, -0.2) is 23.1 Å². The molecule has 1 unspecified atom stereocenters. The van der Waals surface area contributed by atoms with Crippen LogP contribution in [0, 0.1) is 0 Å². The van der Waals surface area contributed by atoms with E-state index < -0.39 is 17.7 Å². The van der Waals surface area contributed by atoms with Crippen molar-refractivity contribution in [3.63, 3.8) is 0 Å². The number of carbonyl (C=O) groups excluding carboxylic acids is 2. The van der Waals surface area contributed by atoms with E-state index in [2.05, 4.69) is 0 Å². The Morgan fingerprint density at radius 2 is 2.00 bits per heavy atom. The maximum Gasteiger partial charge on any atom is 0.243 e. The zero-order valence-electron chi connectivity index (χ0n) is 6.97. The molecule has 1 aliphatic rings. The molecule has 0 aromatic rings. The van der Waals surface area contributed by atoms with Crippen molar-refractivity contribution in [2.24, 2.45) is 0 Å². The van der Waals surface area contributed by atoms with Crippen LogP contribution in [0.15, 0.2) is 12.3 Å². The molecule has 1 aliphatic heterocycles. The van der Waals surface area contributed by atoms with Crippen LogP contribution < -0.4 is 0 Å². The Morgan fingerprint density at radius 1 is 1.46 bits per heavy atom. The van der Waals surface area contributed by atoms with Crippen molar-refractivity contribution >= 4 is 11.6 Å². The molecule has 1 radical (unpaired) electrons. The molecule has 75 valence electrons. The summed E-state index contributed by atoms with van der Waals surface area (Å²) in [5, 5.41) is 0. The normalized spacial score (nSPS) is 19.0. The predicted molar refractivity (Wildman–Crippen MR) is 36.9 cm³/mol. The summed E-state index contributed by atoms with van der Waals surface area (Å²) < 4.78 is 4.86. The molecule has 13 heavy (non-hydrogen) atoms. The fourth-order valence-electron chi connectivity index (χ4n) is 0.780. The van der Waals surface area contributed by atoms with E-state index in [1.165, 1.54) is 6.26 Å². The second-order valence-electron chi connectivity index (χ2n) is 2.06. The molecule has 0 saturated heterocycles. The number of ketones is 2. The number of carbonyl (C=O) groups is 2. The Hall–Kier alpha value is -0.616. The summed E-state index contributed by atoms with van der Waals surface area (Å²) in [6, 6.07) is 0. The fourth-order valence-corrected chi connectivity index (χ4v) is 0.780. The molecule has 6 heteroatoms. The largest absolute Gasteiger partial charge is 2.00 e. The quantitative estimate of drug-likeness (QED) is 0.591. The summed E-state index contributed by atoms with van der Waals surface area (Å²) >= 11 is 0. The average molecular weight is 224 g/mol. The molecule has 0 aliphatic carbocycles. The monoisotopic (exact) mass is 224 g/mol. The fraction of sp³-hybridized carbons (Fsp3) is 0.429. The predicted octanol–water partition coefficient (Wildman–Crippen LogP) is 0.149. The van der Waals surface area contributed by atoms with Gasteiger partial charge < -0.3 is 15.7 Å². The van der Waals surface area contributed by atoms with Gasteiger partial charge in [0, 0.05) is 24.6 Å². The van der Waals surface area contributed by atoms with E-state index in [1.807, 2.05) is 0 Å². The molecule has 0 bridgehead atoms. The maximum atomic E-state index is 10.8. The van der Waals surface area contributed by atoms with Crippen molar-refractivity contribution in [2.75, 3.05) is 0 Å². The molecular formula is C7H9O5V-3. The SMILES string of the molecule is CCC1OC=CC(=O)C1=O.[O-2].[OH-].[V]. The standard InChI is InChI=1S/C7H8O3.H2O.O.V/c1-2-6-7(9)5(8)3-4-10-6;;;/h3-4,6H,2H2,1H3;1H2;;/q;;-2;/p-1. The molecule has 1 N–H and O–H groups in total. The number of Topliss-reactive ketones (excluding diaryl/α,β-unsaturated/α-hetero) is 1. The summed E-state index contributed by atoms with van der Waals surface area (Å²) in [4.78, 5) is 21.5. The summed E-state index contributed by atoms with van der Waals surface area (Å²) in [5.41, 5.74) is 0. The van der Waals surface area contributed by atoms with E-state index in [0.29, 0.717) is 6.42 Å². The number of ether oxygens (including phenoxy) is 1. The topological polar surface area (TPSA) is 102 Å². The molecule has 0 aromatic heterocycles. The van der Waals surface area contributed by atoms with E-state index in [4.69, 9.17) is 4.74 Å². The third-order valence-corrected chi connectivity index (χ3v) is 1.37. The van der Waals surface area contributed by atoms with Crippen molar-refractivity contribution in [1.82, 2.24) is 0 Å². The molecule has 0 amide bonds. The van der Waals surface area contributed by atoms with Crippen molar-refractivity contribution in [2.45, 2.75) is 19.4 Å². The first-order valence-electron chi connectivity index (χ1n) is 3.16. The van der Waals surface area contributed by atoms with E-state index in [0.717, 1.165) is 6.08 Å². The van der Waals surface area contributed by atoms with E-state index >= 15 is 0 Å². The zero-order chi connectivity index (χ0) is 7.56. The van der Waals surface area contributed by atoms with Gasteiger partial charge in [-0.15, -0.1) is 0 Å². The summed E-state index contributed by atoms with van der Waals surface area (Å²) in [6.45, 7) is 1.80. The van der Waals surface area contributed by atoms with Crippen LogP contribution >= 0.6 is 0 Å². The van der Waals surface area contributed by atoms with Gasteiger partial charge in [0.2, 0.25) is 11.6 Å². The molecule has 5 nitrogen and oxygen atoms in total. The van der Waals surface area contributed by atoms with Crippen LogP contribution in [0.2, 0.25) is 0 Å². The minimum absolute atomic E-state index is 0. The van der Waals surface area contributed by atoms with Crippen LogP contribution in [0.4, 0.5) is 0 Å². The zero-order valence-corrected chi connectivity index (χ0v) is 8.36. The number of hydrogen-bond donors (Lipinski definition) is 0. The minimum atomic E-state index is -0.544. The van der Waals surface area contributed by atoms with Crippen LogP contribution in [0.5, 0.6) is 0 Å². The van der Waals surface area contributed by atoms with Crippen LogP contribution in [-0.2, 0) is 38.4 Å². The van der Waals surface area contributed by atoms with Gasteiger partial charge in [0.05, 0.1) is 6.26 Å². The van der Waals surface area contributed by atoms with Crippen LogP contribution in [0.25, 0.3) is 0 Å². The summed E-state index contributed by atoms with van der Waals surface area (Å²) in [5.74, 6) is -0.900. The van der Waals surface area contributed by atoms with Crippen LogP contribution in [0.3, 0.4) is 0 Å². The smallest absolute Gasteiger partial charge is 0.243 e. The third-order valence-electron chi connectivity index (χ3n) is 1.37. The van der Waals surface area contributed by atoms with Gasteiger partial charge in [0.25, 0.3) is 0 Å². The minimum Gasteiger partial charge on any atom is -2.00 e. The second kappa shape index (κ2) is 8.00. The third kappa shape index (κ3) is 4.24. The van der Waals surface area contributed by atoms with Crippen molar-refractivity contribution in [3.05, 3.63) is 12.3 Å². The number of allylic oxidation sites excluding steroid dienone is 1. The molecule has 0 saturated carbocycles. The maximum absolute atomic E-state index is 10.8. The first-order valence-corrected chi connectivity index (χ1v) is 3.16. The molecule has 1 heterocycles. The van der Waals surface area contributed by atoms with Gasteiger partial charge in [-0.05, 0) is 6.42 Å². The summed E-state index contributed by atoms with van der Waals surface area (Å²) in [6.07, 6.45) is 2.43. The van der Waals surface area contributed by atoms with Gasteiger partial charge in [-0.3, -0.25) is 9.59 Å². The molecule has 0 fully saturated rings. The van der Waals surface area contributed by atoms with Crippen molar-refractivity contribution < 1.29 is 43.8 Å². The van der Waals surface area contributed by atoms with Crippen LogP contribution in [0.1, 0.15) is 13.3 Å². The first-order chi connectivity index (χ1) is 4.75. The molecule has 1 atom stereocenters. The summed E-state index contributed by atoms with van der Waals surface area (Å²) in [7, 11) is 0. The van der Waals surface area contributed by atoms with Gasteiger partial charge in [-0.1, -0.05) is 6.92 Å². The Labute approximate surface area is 87.6 Å². The second-order valence-corrected chi connectivity index (χ2v) is 2.06. The molecular weight excluding hydrogens is 215 g/mol. The van der Waals surface area contributed by atoms with Crippen molar-refractivity contribution in [1.29, 1.82) is 0 Å². The van der Waals surface area contributed by atoms with Gasteiger partial charge in [0.15, 0.2) is 6.10 Å². The van der Waals surface area contributed by atoms with E-state index in [1.54, 1.807) is 6.92 Å². The first kappa shape index (κ1) is 18.2. The van der Waals surface area contributed by atoms with Gasteiger partial charge in [0.1, 0.15) is 0 Å². The Morgan fingerprint density at radius 3 is 2.38 bits per heavy atom. The Bertz CT molecular complexity index is 201. The van der Waals surface area contributed by atoms with Gasteiger partial charge in [-0.2, -0.15) is 0 Å².